The smallest absolute Gasteiger partial charge is 0.241 e. The molecule has 3 aromatic rings. The standard InChI is InChI=1S/C18H18N2O3S/c21-15(12-14-6-2-1-3-7-14)13-20-24(22,23)18-10-4-9-17-16(18)8-5-11-19-17/h1-11,15,20-21H,12-13H2. The van der Waals surface area contributed by atoms with Crippen molar-refractivity contribution in [1.82, 2.24) is 9.71 Å². The molecule has 0 fully saturated rings. The van der Waals surface area contributed by atoms with Crippen LogP contribution in [0.1, 0.15) is 5.56 Å². The topological polar surface area (TPSA) is 79.3 Å². The summed E-state index contributed by atoms with van der Waals surface area (Å²) in [6.07, 6.45) is 1.21. The Balaban J connectivity index is 1.74. The van der Waals surface area contributed by atoms with Crippen molar-refractivity contribution in [1.29, 1.82) is 0 Å². The number of benzene rings is 2. The van der Waals surface area contributed by atoms with E-state index in [0.717, 1.165) is 5.56 Å². The van der Waals surface area contributed by atoms with E-state index >= 15 is 0 Å². The SMILES string of the molecule is O=S(=O)(NCC(O)Cc1ccccc1)c1cccc2ncccc12. The molecular weight excluding hydrogens is 324 g/mol. The first-order chi connectivity index (χ1) is 11.6. The monoisotopic (exact) mass is 342 g/mol. The van der Waals surface area contributed by atoms with Crippen molar-refractivity contribution in [3.05, 3.63) is 72.4 Å². The number of nitrogens with zero attached hydrogens (tertiary/aromatic N) is 1. The Morgan fingerprint density at radius 2 is 1.79 bits per heavy atom. The zero-order valence-corrected chi connectivity index (χ0v) is 13.8. The summed E-state index contributed by atoms with van der Waals surface area (Å²) < 4.78 is 27.6. The van der Waals surface area contributed by atoms with Gasteiger partial charge < -0.3 is 5.11 Å². The summed E-state index contributed by atoms with van der Waals surface area (Å²) >= 11 is 0. The minimum absolute atomic E-state index is 0.0477. The molecule has 0 radical (unpaired) electrons. The number of rotatable bonds is 6. The van der Waals surface area contributed by atoms with Crippen LogP contribution < -0.4 is 4.72 Å². The van der Waals surface area contributed by atoms with Gasteiger partial charge in [0, 0.05) is 18.1 Å². The number of fused-ring (bicyclic) bond motifs is 1. The van der Waals surface area contributed by atoms with Crippen LogP contribution in [0.4, 0.5) is 0 Å². The van der Waals surface area contributed by atoms with Gasteiger partial charge in [0.2, 0.25) is 10.0 Å². The third-order valence-corrected chi connectivity index (χ3v) is 5.20. The molecule has 0 aliphatic rings. The first-order valence-corrected chi connectivity index (χ1v) is 9.10. The first kappa shape index (κ1) is 16.6. The lowest BCUT2D eigenvalue weighted by atomic mass is 10.1. The number of nitrogens with one attached hydrogen (secondary N) is 1. The van der Waals surface area contributed by atoms with Crippen LogP contribution in [0.25, 0.3) is 10.9 Å². The van der Waals surface area contributed by atoms with Crippen LogP contribution in [0.3, 0.4) is 0 Å². The Kier molecular flexibility index (Phi) is 4.89. The molecule has 1 unspecified atom stereocenters. The van der Waals surface area contributed by atoms with Gasteiger partial charge in [0.25, 0.3) is 0 Å². The van der Waals surface area contributed by atoms with Gasteiger partial charge in [-0.05, 0) is 36.2 Å². The van der Waals surface area contributed by atoms with E-state index < -0.39 is 16.1 Å². The second-order valence-corrected chi connectivity index (χ2v) is 7.26. The van der Waals surface area contributed by atoms with Crippen LogP contribution in [0.15, 0.2) is 71.8 Å². The van der Waals surface area contributed by atoms with Crippen molar-refractivity contribution in [3.63, 3.8) is 0 Å². The predicted molar refractivity (Wildman–Crippen MR) is 93.1 cm³/mol. The molecule has 0 aliphatic heterocycles. The van der Waals surface area contributed by atoms with Crippen LogP contribution in [0.2, 0.25) is 0 Å². The fourth-order valence-corrected chi connectivity index (χ4v) is 3.84. The van der Waals surface area contributed by atoms with Crippen LogP contribution in [0.5, 0.6) is 0 Å². The average Bonchev–Trinajstić information content (AvgIpc) is 2.60. The molecule has 6 heteroatoms. The molecule has 0 spiro atoms. The summed E-state index contributed by atoms with van der Waals surface area (Å²) in [5.74, 6) is 0. The lowest BCUT2D eigenvalue weighted by molar-refractivity contribution is 0.179. The third kappa shape index (κ3) is 3.79. The zero-order valence-electron chi connectivity index (χ0n) is 13.0. The van der Waals surface area contributed by atoms with Crippen LogP contribution >= 0.6 is 0 Å². The summed E-state index contributed by atoms with van der Waals surface area (Å²) in [6.45, 7) is -0.0477. The fourth-order valence-electron chi connectivity index (χ4n) is 2.55. The number of hydrogen-bond acceptors (Lipinski definition) is 4. The average molecular weight is 342 g/mol. The summed E-state index contributed by atoms with van der Waals surface area (Å²) in [7, 11) is -3.72. The highest BCUT2D eigenvalue weighted by Gasteiger charge is 2.18. The van der Waals surface area contributed by atoms with Gasteiger partial charge in [0.15, 0.2) is 0 Å². The van der Waals surface area contributed by atoms with Crippen molar-refractivity contribution in [2.24, 2.45) is 0 Å². The lowest BCUT2D eigenvalue weighted by Gasteiger charge is -2.13. The van der Waals surface area contributed by atoms with E-state index in [4.69, 9.17) is 0 Å². The molecule has 3 rings (SSSR count). The number of pyridine rings is 1. The summed E-state index contributed by atoms with van der Waals surface area (Å²) in [4.78, 5) is 4.33. The Morgan fingerprint density at radius 3 is 2.58 bits per heavy atom. The molecule has 0 aliphatic carbocycles. The Morgan fingerprint density at radius 1 is 1.00 bits per heavy atom. The maximum atomic E-state index is 12.6. The number of aliphatic hydroxyl groups is 1. The van der Waals surface area contributed by atoms with E-state index in [9.17, 15) is 13.5 Å². The van der Waals surface area contributed by atoms with Crippen molar-refractivity contribution >= 4 is 20.9 Å². The molecule has 24 heavy (non-hydrogen) atoms. The zero-order chi connectivity index (χ0) is 17.0. The van der Waals surface area contributed by atoms with Crippen LogP contribution in [-0.2, 0) is 16.4 Å². The van der Waals surface area contributed by atoms with Gasteiger partial charge in [-0.25, -0.2) is 13.1 Å². The molecule has 0 saturated heterocycles. The van der Waals surface area contributed by atoms with Gasteiger partial charge in [-0.3, -0.25) is 4.98 Å². The molecule has 5 nitrogen and oxygen atoms in total. The molecule has 1 atom stereocenters. The van der Waals surface area contributed by atoms with E-state index in [1.54, 1.807) is 30.5 Å². The Hall–Kier alpha value is -2.28. The van der Waals surface area contributed by atoms with Gasteiger partial charge in [0.1, 0.15) is 0 Å². The summed E-state index contributed by atoms with van der Waals surface area (Å²) in [6, 6.07) is 17.8. The molecule has 2 N–H and O–H groups in total. The Bertz CT molecular complexity index is 922. The van der Waals surface area contributed by atoms with Crippen LogP contribution in [-0.4, -0.2) is 31.2 Å². The highest BCUT2D eigenvalue weighted by molar-refractivity contribution is 7.89. The minimum atomic E-state index is -3.72. The molecule has 0 amide bonds. The van der Waals surface area contributed by atoms with E-state index in [-0.39, 0.29) is 11.4 Å². The molecule has 1 heterocycles. The van der Waals surface area contributed by atoms with E-state index in [1.165, 1.54) is 6.07 Å². The van der Waals surface area contributed by atoms with Gasteiger partial charge in [-0.1, -0.05) is 36.4 Å². The van der Waals surface area contributed by atoms with E-state index in [1.807, 2.05) is 30.3 Å². The number of hydrogen-bond donors (Lipinski definition) is 2. The molecular formula is C18H18N2O3S. The second-order valence-electron chi connectivity index (χ2n) is 5.52. The molecule has 2 aromatic carbocycles. The largest absolute Gasteiger partial charge is 0.391 e. The first-order valence-electron chi connectivity index (χ1n) is 7.62. The third-order valence-electron chi connectivity index (χ3n) is 3.72. The minimum Gasteiger partial charge on any atom is -0.391 e. The molecule has 0 bridgehead atoms. The fraction of sp³-hybridized carbons (Fsp3) is 0.167. The molecule has 1 aromatic heterocycles. The predicted octanol–water partition coefficient (Wildman–Crippen LogP) is 2.12. The summed E-state index contributed by atoms with van der Waals surface area (Å²) in [5.41, 5.74) is 1.57. The van der Waals surface area contributed by atoms with Crippen LogP contribution in [0, 0.1) is 0 Å². The highest BCUT2D eigenvalue weighted by atomic mass is 32.2. The molecule has 124 valence electrons. The summed E-state index contributed by atoms with van der Waals surface area (Å²) in [5, 5.41) is 10.6. The quantitative estimate of drug-likeness (QED) is 0.719. The van der Waals surface area contributed by atoms with Crippen molar-refractivity contribution in [2.75, 3.05) is 6.54 Å². The second kappa shape index (κ2) is 7.09. The van der Waals surface area contributed by atoms with E-state index in [2.05, 4.69) is 9.71 Å². The van der Waals surface area contributed by atoms with Gasteiger partial charge in [-0.15, -0.1) is 0 Å². The van der Waals surface area contributed by atoms with Gasteiger partial charge in [-0.2, -0.15) is 0 Å². The van der Waals surface area contributed by atoms with E-state index in [0.29, 0.717) is 17.3 Å². The number of sulfonamides is 1. The molecule has 0 saturated carbocycles. The van der Waals surface area contributed by atoms with Crippen molar-refractivity contribution in [2.45, 2.75) is 17.4 Å². The van der Waals surface area contributed by atoms with Crippen molar-refractivity contribution in [3.8, 4) is 0 Å². The number of aromatic nitrogens is 1. The normalized spacial score (nSPS) is 13.0. The van der Waals surface area contributed by atoms with Gasteiger partial charge >= 0.3 is 0 Å². The van der Waals surface area contributed by atoms with Crippen molar-refractivity contribution < 1.29 is 13.5 Å². The number of aliphatic hydroxyl groups excluding tert-OH is 1. The highest BCUT2D eigenvalue weighted by Crippen LogP contribution is 2.20. The lowest BCUT2D eigenvalue weighted by Crippen LogP contribution is -2.33. The maximum Gasteiger partial charge on any atom is 0.241 e. The van der Waals surface area contributed by atoms with Gasteiger partial charge in [0.05, 0.1) is 16.5 Å². The maximum absolute atomic E-state index is 12.6. The Labute approximate surface area is 141 Å².